The second kappa shape index (κ2) is 8.15. The number of amides is 1. The summed E-state index contributed by atoms with van der Waals surface area (Å²) in [5.41, 5.74) is 1.62. The van der Waals surface area contributed by atoms with Crippen LogP contribution in [-0.4, -0.2) is 34.9 Å². The van der Waals surface area contributed by atoms with Gasteiger partial charge in [-0.2, -0.15) is 5.10 Å². The molecular formula is C19H20N4O3. The van der Waals surface area contributed by atoms with Gasteiger partial charge < -0.3 is 14.8 Å². The molecule has 134 valence electrons. The number of aromatic nitrogens is 3. The van der Waals surface area contributed by atoms with Crippen LogP contribution in [0.2, 0.25) is 0 Å². The zero-order chi connectivity index (χ0) is 18.4. The molecule has 0 aliphatic carbocycles. The molecular weight excluding hydrogens is 332 g/mol. The number of ether oxygens (including phenoxy) is 2. The molecule has 0 saturated heterocycles. The molecule has 0 bridgehead atoms. The molecule has 2 aromatic heterocycles. The molecule has 0 aliphatic rings. The first-order valence-electron chi connectivity index (χ1n) is 8.17. The lowest BCUT2D eigenvalue weighted by molar-refractivity contribution is -0.116. The number of anilines is 1. The summed E-state index contributed by atoms with van der Waals surface area (Å²) >= 11 is 0. The van der Waals surface area contributed by atoms with Crippen LogP contribution in [-0.2, 0) is 11.2 Å². The molecule has 2 heterocycles. The third kappa shape index (κ3) is 4.00. The quantitative estimate of drug-likeness (QED) is 0.707. The molecule has 0 fully saturated rings. The van der Waals surface area contributed by atoms with Crippen LogP contribution in [0.25, 0.3) is 5.82 Å². The van der Waals surface area contributed by atoms with E-state index >= 15 is 0 Å². The monoisotopic (exact) mass is 352 g/mol. The highest BCUT2D eigenvalue weighted by Gasteiger charge is 2.11. The zero-order valence-corrected chi connectivity index (χ0v) is 14.7. The Balaban J connectivity index is 1.65. The maximum absolute atomic E-state index is 12.4. The Morgan fingerprint density at radius 2 is 1.96 bits per heavy atom. The summed E-state index contributed by atoms with van der Waals surface area (Å²) in [5.74, 6) is 1.80. The lowest BCUT2D eigenvalue weighted by atomic mass is 10.1. The van der Waals surface area contributed by atoms with Gasteiger partial charge >= 0.3 is 0 Å². The number of carbonyl (C=O) groups is 1. The molecule has 3 aromatic rings. The summed E-state index contributed by atoms with van der Waals surface area (Å²) in [7, 11) is 3.18. The van der Waals surface area contributed by atoms with Crippen LogP contribution < -0.4 is 14.8 Å². The Morgan fingerprint density at radius 1 is 1.12 bits per heavy atom. The second-order valence-corrected chi connectivity index (χ2v) is 5.56. The summed E-state index contributed by atoms with van der Waals surface area (Å²) in [4.78, 5) is 16.7. The van der Waals surface area contributed by atoms with E-state index in [0.717, 1.165) is 5.56 Å². The number of benzene rings is 1. The van der Waals surface area contributed by atoms with Crippen molar-refractivity contribution in [2.24, 2.45) is 0 Å². The third-order valence-electron chi connectivity index (χ3n) is 3.87. The Bertz CT molecular complexity index is 878. The zero-order valence-electron chi connectivity index (χ0n) is 14.7. The van der Waals surface area contributed by atoms with Crippen LogP contribution in [0.4, 0.5) is 5.69 Å². The Morgan fingerprint density at radius 3 is 2.69 bits per heavy atom. The van der Waals surface area contributed by atoms with E-state index in [9.17, 15) is 4.79 Å². The molecule has 0 radical (unpaired) electrons. The van der Waals surface area contributed by atoms with Crippen LogP contribution in [0.15, 0.2) is 55.0 Å². The third-order valence-corrected chi connectivity index (χ3v) is 3.87. The highest BCUT2D eigenvalue weighted by Crippen LogP contribution is 2.28. The fourth-order valence-electron chi connectivity index (χ4n) is 2.58. The minimum absolute atomic E-state index is 0.0961. The van der Waals surface area contributed by atoms with Crippen LogP contribution >= 0.6 is 0 Å². The summed E-state index contributed by atoms with van der Waals surface area (Å²) in [6.45, 7) is 0. The smallest absolute Gasteiger partial charge is 0.224 e. The first-order chi connectivity index (χ1) is 12.7. The van der Waals surface area contributed by atoms with Crippen LogP contribution in [0, 0.1) is 0 Å². The van der Waals surface area contributed by atoms with Crippen LogP contribution in [0.5, 0.6) is 11.5 Å². The Kier molecular flexibility index (Phi) is 5.48. The van der Waals surface area contributed by atoms with Gasteiger partial charge in [-0.1, -0.05) is 6.07 Å². The largest absolute Gasteiger partial charge is 0.493 e. The minimum Gasteiger partial charge on any atom is -0.493 e. The van der Waals surface area contributed by atoms with E-state index in [1.165, 1.54) is 0 Å². The van der Waals surface area contributed by atoms with Gasteiger partial charge in [-0.05, 0) is 42.3 Å². The molecule has 0 spiro atoms. The summed E-state index contributed by atoms with van der Waals surface area (Å²) in [5, 5.41) is 7.06. The molecule has 0 aliphatic heterocycles. The predicted octanol–water partition coefficient (Wildman–Crippen LogP) is 2.86. The maximum Gasteiger partial charge on any atom is 0.224 e. The van der Waals surface area contributed by atoms with Gasteiger partial charge in [0.1, 0.15) is 0 Å². The van der Waals surface area contributed by atoms with E-state index in [4.69, 9.17) is 9.47 Å². The van der Waals surface area contributed by atoms with Crippen molar-refractivity contribution in [3.05, 3.63) is 60.6 Å². The molecule has 26 heavy (non-hydrogen) atoms. The molecule has 7 nitrogen and oxygen atoms in total. The van der Waals surface area contributed by atoms with Crippen molar-refractivity contribution >= 4 is 11.6 Å². The summed E-state index contributed by atoms with van der Waals surface area (Å²) < 4.78 is 12.1. The lowest BCUT2D eigenvalue weighted by Crippen LogP contribution is -2.15. The normalized spacial score (nSPS) is 10.4. The van der Waals surface area contributed by atoms with Gasteiger partial charge in [-0.25, -0.2) is 9.67 Å². The van der Waals surface area contributed by atoms with Crippen LogP contribution in [0.1, 0.15) is 12.0 Å². The highest BCUT2D eigenvalue weighted by molar-refractivity contribution is 5.92. The number of nitrogens with one attached hydrogen (secondary N) is 1. The first kappa shape index (κ1) is 17.5. The van der Waals surface area contributed by atoms with E-state index in [1.807, 2.05) is 18.2 Å². The SMILES string of the molecule is COc1ccc(CCC(=O)Nc2cccnc2-n2cccn2)cc1OC. The number of hydrogen-bond donors (Lipinski definition) is 1. The second-order valence-electron chi connectivity index (χ2n) is 5.56. The standard InChI is InChI=1S/C19H20N4O3/c1-25-16-8-6-14(13-17(16)26-2)7-9-18(24)22-15-5-3-10-20-19(15)23-12-4-11-21-23/h3-6,8,10-13H,7,9H2,1-2H3,(H,22,24). The fraction of sp³-hybridized carbons (Fsp3) is 0.211. The first-order valence-corrected chi connectivity index (χ1v) is 8.17. The van der Waals surface area contributed by atoms with Crippen molar-refractivity contribution in [2.45, 2.75) is 12.8 Å². The van der Waals surface area contributed by atoms with Gasteiger partial charge in [0, 0.05) is 25.0 Å². The topological polar surface area (TPSA) is 78.3 Å². The number of methoxy groups -OCH3 is 2. The molecule has 0 unspecified atom stereocenters. The van der Waals surface area contributed by atoms with Crippen molar-refractivity contribution < 1.29 is 14.3 Å². The van der Waals surface area contributed by atoms with E-state index < -0.39 is 0 Å². The molecule has 1 amide bonds. The van der Waals surface area contributed by atoms with Crippen molar-refractivity contribution in [1.82, 2.24) is 14.8 Å². The van der Waals surface area contributed by atoms with Gasteiger partial charge in [-0.3, -0.25) is 4.79 Å². The van der Waals surface area contributed by atoms with E-state index in [0.29, 0.717) is 35.8 Å². The number of aryl methyl sites for hydroxylation is 1. The Hall–Kier alpha value is -3.35. The molecule has 7 heteroatoms. The van der Waals surface area contributed by atoms with Gasteiger partial charge in [0.25, 0.3) is 0 Å². The number of hydrogen-bond acceptors (Lipinski definition) is 5. The van der Waals surface area contributed by atoms with E-state index in [1.54, 1.807) is 55.7 Å². The molecule has 0 atom stereocenters. The number of rotatable bonds is 7. The van der Waals surface area contributed by atoms with Gasteiger partial charge in [0.2, 0.25) is 5.91 Å². The molecule has 3 rings (SSSR count). The lowest BCUT2D eigenvalue weighted by Gasteiger charge is -2.11. The average Bonchev–Trinajstić information content (AvgIpc) is 3.21. The molecule has 1 N–H and O–H groups in total. The van der Waals surface area contributed by atoms with Crippen LogP contribution in [0.3, 0.4) is 0 Å². The Labute approximate surface area is 151 Å². The number of pyridine rings is 1. The number of nitrogens with zero attached hydrogens (tertiary/aromatic N) is 3. The van der Waals surface area contributed by atoms with Gasteiger partial charge in [-0.15, -0.1) is 0 Å². The van der Waals surface area contributed by atoms with Crippen molar-refractivity contribution in [3.63, 3.8) is 0 Å². The van der Waals surface area contributed by atoms with Gasteiger partial charge in [0.05, 0.1) is 19.9 Å². The van der Waals surface area contributed by atoms with Crippen molar-refractivity contribution in [1.29, 1.82) is 0 Å². The summed E-state index contributed by atoms with van der Waals surface area (Å²) in [6, 6.07) is 11.0. The van der Waals surface area contributed by atoms with Crippen molar-refractivity contribution in [2.75, 3.05) is 19.5 Å². The minimum atomic E-state index is -0.0961. The number of carbonyl (C=O) groups excluding carboxylic acids is 1. The van der Waals surface area contributed by atoms with E-state index in [-0.39, 0.29) is 5.91 Å². The molecule has 1 aromatic carbocycles. The fourth-order valence-corrected chi connectivity index (χ4v) is 2.58. The summed E-state index contributed by atoms with van der Waals surface area (Å²) in [6.07, 6.45) is 6.03. The van der Waals surface area contributed by atoms with E-state index in [2.05, 4.69) is 15.4 Å². The predicted molar refractivity (Wildman–Crippen MR) is 97.9 cm³/mol. The highest BCUT2D eigenvalue weighted by atomic mass is 16.5. The van der Waals surface area contributed by atoms with Crippen molar-refractivity contribution in [3.8, 4) is 17.3 Å². The average molecular weight is 352 g/mol. The van der Waals surface area contributed by atoms with Gasteiger partial charge in [0.15, 0.2) is 17.3 Å². The molecule has 0 saturated carbocycles. The maximum atomic E-state index is 12.4.